The van der Waals surface area contributed by atoms with Crippen LogP contribution in [-0.4, -0.2) is 31.4 Å². The first kappa shape index (κ1) is 17.1. The van der Waals surface area contributed by atoms with E-state index in [2.05, 4.69) is 17.9 Å². The molecule has 23 heavy (non-hydrogen) atoms. The van der Waals surface area contributed by atoms with Crippen molar-refractivity contribution in [2.24, 2.45) is 7.05 Å². The summed E-state index contributed by atoms with van der Waals surface area (Å²) in [5.74, 6) is 0. The van der Waals surface area contributed by atoms with E-state index in [-0.39, 0.29) is 11.6 Å². The average Bonchev–Trinajstić information content (AvgIpc) is 2.52. The Kier molecular flexibility index (Phi) is 5.11. The van der Waals surface area contributed by atoms with Crippen molar-refractivity contribution in [3.8, 4) is 11.1 Å². The Morgan fingerprint density at radius 2 is 2.00 bits per heavy atom. The summed E-state index contributed by atoms with van der Waals surface area (Å²) >= 11 is 0. The molecule has 0 fully saturated rings. The minimum Gasteiger partial charge on any atom is -0.397 e. The molecular weight excluding hydrogens is 290 g/mol. The number of nitrogens with two attached hydrogens (primary N) is 1. The van der Waals surface area contributed by atoms with Crippen molar-refractivity contribution in [2.75, 3.05) is 31.4 Å². The molecule has 0 amide bonds. The Morgan fingerprint density at radius 1 is 1.30 bits per heavy atom. The predicted molar refractivity (Wildman–Crippen MR) is 96.0 cm³/mol. The number of nitrogen functional groups attached to an aromatic ring is 1. The molecule has 0 aliphatic rings. The smallest absolute Gasteiger partial charge is 0.253 e. The maximum absolute atomic E-state index is 11.9. The minimum absolute atomic E-state index is 0.0234. The van der Waals surface area contributed by atoms with Gasteiger partial charge in [-0.25, -0.2) is 0 Å². The molecule has 0 saturated carbocycles. The lowest BCUT2D eigenvalue weighted by Gasteiger charge is -2.28. The highest BCUT2D eigenvalue weighted by atomic mass is 16.5. The Labute approximate surface area is 137 Å². The Morgan fingerprint density at radius 3 is 2.61 bits per heavy atom. The fourth-order valence-corrected chi connectivity index (χ4v) is 2.65. The van der Waals surface area contributed by atoms with Crippen molar-refractivity contribution in [3.63, 3.8) is 0 Å². The Balaban J connectivity index is 2.47. The van der Waals surface area contributed by atoms with Crippen LogP contribution in [0.2, 0.25) is 0 Å². The lowest BCUT2D eigenvalue weighted by atomic mass is 10.0. The molecule has 1 heterocycles. The van der Waals surface area contributed by atoms with E-state index < -0.39 is 0 Å². The van der Waals surface area contributed by atoms with Gasteiger partial charge in [-0.05, 0) is 43.2 Å². The van der Waals surface area contributed by atoms with Crippen molar-refractivity contribution in [1.29, 1.82) is 0 Å². The molecule has 1 aromatic carbocycles. The lowest BCUT2D eigenvalue weighted by molar-refractivity contribution is 0.183. The largest absolute Gasteiger partial charge is 0.397 e. The van der Waals surface area contributed by atoms with Crippen LogP contribution in [0.25, 0.3) is 11.1 Å². The van der Waals surface area contributed by atoms with E-state index in [9.17, 15) is 4.79 Å². The number of pyridine rings is 1. The van der Waals surface area contributed by atoms with E-state index >= 15 is 0 Å². The van der Waals surface area contributed by atoms with Crippen LogP contribution < -0.4 is 16.2 Å². The van der Waals surface area contributed by atoms with Crippen molar-refractivity contribution in [1.82, 2.24) is 4.57 Å². The molecule has 2 aromatic rings. The topological polar surface area (TPSA) is 60.5 Å². The van der Waals surface area contributed by atoms with Crippen LogP contribution in [0.15, 0.2) is 35.3 Å². The Hall–Kier alpha value is -2.27. The highest BCUT2D eigenvalue weighted by Crippen LogP contribution is 2.30. The molecule has 0 spiro atoms. The number of nitrogens with zero attached hydrogens (tertiary/aromatic N) is 2. The maximum atomic E-state index is 11.9. The third kappa shape index (κ3) is 3.56. The molecule has 1 atom stereocenters. The molecule has 0 radical (unpaired) electrons. The summed E-state index contributed by atoms with van der Waals surface area (Å²) < 4.78 is 6.83. The molecule has 0 aliphatic heterocycles. The summed E-state index contributed by atoms with van der Waals surface area (Å²) in [5.41, 5.74) is 10.6. The third-order valence-corrected chi connectivity index (χ3v) is 4.18. The molecule has 5 heteroatoms. The molecule has 1 aromatic heterocycles. The van der Waals surface area contributed by atoms with E-state index in [4.69, 9.17) is 10.5 Å². The first-order chi connectivity index (χ1) is 10.8. The van der Waals surface area contributed by atoms with E-state index in [0.717, 1.165) is 28.1 Å². The molecule has 2 N–H and O–H groups in total. The van der Waals surface area contributed by atoms with Gasteiger partial charge in [0, 0.05) is 39.0 Å². The van der Waals surface area contributed by atoms with Crippen LogP contribution >= 0.6 is 0 Å². The standard InChI is InChI=1S/C18H25N3O2/c1-12-8-15(10-20(3)18(12)22)14-6-7-16(19)17(9-14)21(4)13(2)11-23-5/h6-10,13H,11,19H2,1-5H3/t13-/m1/s1. The van der Waals surface area contributed by atoms with Crippen molar-refractivity contribution in [2.45, 2.75) is 19.9 Å². The number of anilines is 2. The number of benzene rings is 1. The summed E-state index contributed by atoms with van der Waals surface area (Å²) in [4.78, 5) is 14.0. The van der Waals surface area contributed by atoms with Gasteiger partial charge < -0.3 is 19.9 Å². The zero-order valence-electron chi connectivity index (χ0n) is 14.5. The minimum atomic E-state index is 0.0234. The van der Waals surface area contributed by atoms with Crippen LogP contribution in [0.5, 0.6) is 0 Å². The van der Waals surface area contributed by atoms with Crippen LogP contribution in [0.3, 0.4) is 0 Å². The number of hydrogen-bond donors (Lipinski definition) is 1. The van der Waals surface area contributed by atoms with Gasteiger partial charge in [0.1, 0.15) is 0 Å². The summed E-state index contributed by atoms with van der Waals surface area (Å²) in [6, 6.07) is 8.06. The average molecular weight is 315 g/mol. The van der Waals surface area contributed by atoms with E-state index in [1.54, 1.807) is 18.7 Å². The van der Waals surface area contributed by atoms with Crippen LogP contribution in [-0.2, 0) is 11.8 Å². The number of rotatable bonds is 5. The second-order valence-corrected chi connectivity index (χ2v) is 6.02. The number of aryl methyl sites for hydroxylation is 2. The van der Waals surface area contributed by atoms with Crippen LogP contribution in [0, 0.1) is 6.92 Å². The second-order valence-electron chi connectivity index (χ2n) is 6.02. The number of aromatic nitrogens is 1. The molecule has 0 saturated heterocycles. The lowest BCUT2D eigenvalue weighted by Crippen LogP contribution is -2.33. The van der Waals surface area contributed by atoms with Gasteiger partial charge >= 0.3 is 0 Å². The van der Waals surface area contributed by atoms with Gasteiger partial charge in [0.15, 0.2) is 0 Å². The molecular formula is C18H25N3O2. The van der Waals surface area contributed by atoms with E-state index in [1.807, 2.05) is 38.4 Å². The summed E-state index contributed by atoms with van der Waals surface area (Å²) in [6.45, 7) is 4.54. The first-order valence-corrected chi connectivity index (χ1v) is 7.64. The monoisotopic (exact) mass is 315 g/mol. The second kappa shape index (κ2) is 6.87. The summed E-state index contributed by atoms with van der Waals surface area (Å²) in [7, 11) is 5.46. The zero-order chi connectivity index (χ0) is 17.1. The number of hydrogen-bond acceptors (Lipinski definition) is 4. The fraction of sp³-hybridized carbons (Fsp3) is 0.389. The highest BCUT2D eigenvalue weighted by Gasteiger charge is 2.14. The molecule has 2 rings (SSSR count). The van der Waals surface area contributed by atoms with Gasteiger partial charge in [-0.3, -0.25) is 4.79 Å². The normalized spacial score (nSPS) is 12.2. The number of ether oxygens (including phenoxy) is 1. The fourth-order valence-electron chi connectivity index (χ4n) is 2.65. The maximum Gasteiger partial charge on any atom is 0.253 e. The van der Waals surface area contributed by atoms with Gasteiger partial charge in [-0.2, -0.15) is 0 Å². The molecule has 0 unspecified atom stereocenters. The third-order valence-electron chi connectivity index (χ3n) is 4.18. The van der Waals surface area contributed by atoms with E-state index in [1.165, 1.54) is 0 Å². The van der Waals surface area contributed by atoms with Gasteiger partial charge in [-0.15, -0.1) is 0 Å². The van der Waals surface area contributed by atoms with Gasteiger partial charge in [0.25, 0.3) is 5.56 Å². The molecule has 0 bridgehead atoms. The SMILES string of the molecule is COC[C@@H](C)N(C)c1cc(-c2cc(C)c(=O)n(C)c2)ccc1N. The van der Waals surface area contributed by atoms with Crippen LogP contribution in [0.4, 0.5) is 11.4 Å². The number of methoxy groups -OCH3 is 1. The quantitative estimate of drug-likeness (QED) is 0.861. The molecule has 5 nitrogen and oxygen atoms in total. The zero-order valence-corrected chi connectivity index (χ0v) is 14.5. The predicted octanol–water partition coefficient (Wildman–Crippen LogP) is 2.41. The van der Waals surface area contributed by atoms with Crippen molar-refractivity contribution >= 4 is 11.4 Å². The summed E-state index contributed by atoms with van der Waals surface area (Å²) in [6.07, 6.45) is 1.85. The van der Waals surface area contributed by atoms with Crippen molar-refractivity contribution in [3.05, 3.63) is 46.4 Å². The van der Waals surface area contributed by atoms with Crippen molar-refractivity contribution < 1.29 is 4.74 Å². The number of likely N-dealkylation sites (N-methyl/N-ethyl adjacent to an activating group) is 1. The molecule has 0 aliphatic carbocycles. The van der Waals surface area contributed by atoms with Gasteiger partial charge in [-0.1, -0.05) is 6.07 Å². The van der Waals surface area contributed by atoms with Gasteiger partial charge in [0.05, 0.1) is 18.0 Å². The first-order valence-electron chi connectivity index (χ1n) is 7.64. The highest BCUT2D eigenvalue weighted by molar-refractivity contribution is 5.77. The Bertz CT molecular complexity index is 726. The van der Waals surface area contributed by atoms with E-state index in [0.29, 0.717) is 6.61 Å². The summed E-state index contributed by atoms with van der Waals surface area (Å²) in [5, 5.41) is 0. The van der Waals surface area contributed by atoms with Crippen LogP contribution in [0.1, 0.15) is 12.5 Å². The molecule has 124 valence electrons. The van der Waals surface area contributed by atoms with Gasteiger partial charge in [0.2, 0.25) is 0 Å².